The molecule has 2 aromatic carbocycles. The van der Waals surface area contributed by atoms with Crippen molar-refractivity contribution in [2.75, 3.05) is 47.8 Å². The molecular weight excluding hydrogens is 622 g/mol. The number of benzene rings is 2. The average Bonchev–Trinajstić information content (AvgIpc) is 3.70. The molecule has 4 aromatic rings. The largest absolute Gasteiger partial charge is 0.372 e. The van der Waals surface area contributed by atoms with Crippen LogP contribution in [-0.4, -0.2) is 70.5 Å². The Morgan fingerprint density at radius 2 is 1.71 bits per heavy atom. The number of aromatic nitrogens is 3. The number of primary amides is 1. The van der Waals surface area contributed by atoms with Gasteiger partial charge >= 0.3 is 0 Å². The van der Waals surface area contributed by atoms with Gasteiger partial charge in [-0.25, -0.2) is 9.97 Å². The van der Waals surface area contributed by atoms with Gasteiger partial charge in [-0.2, -0.15) is 0 Å². The first-order valence-electron chi connectivity index (χ1n) is 17.4. The third-order valence-corrected chi connectivity index (χ3v) is 10.5. The van der Waals surface area contributed by atoms with Crippen LogP contribution in [0.4, 0.5) is 23.0 Å². The van der Waals surface area contributed by atoms with Crippen molar-refractivity contribution in [1.29, 1.82) is 0 Å². The van der Waals surface area contributed by atoms with Gasteiger partial charge in [0.05, 0.1) is 12.1 Å². The maximum Gasteiger partial charge on any atom is 0.271 e. The number of nitrogens with zero attached hydrogens (tertiary/aromatic N) is 6. The second-order valence-electron chi connectivity index (χ2n) is 13.8. The summed E-state index contributed by atoms with van der Waals surface area (Å²) in [5.41, 5.74) is 11.6. The van der Waals surface area contributed by atoms with Crippen molar-refractivity contribution in [3.05, 3.63) is 65.1 Å². The predicted octanol–water partition coefficient (Wildman–Crippen LogP) is 4.20. The Morgan fingerprint density at radius 3 is 2.45 bits per heavy atom. The molecule has 6 heterocycles. The molecule has 0 saturated carbocycles. The minimum Gasteiger partial charge on any atom is -0.372 e. The number of nitrogens with one attached hydrogen (secondary N) is 2. The van der Waals surface area contributed by atoms with Crippen LogP contribution in [0.15, 0.2) is 47.1 Å². The number of imide groups is 1. The first-order chi connectivity index (χ1) is 23.9. The first-order valence-corrected chi connectivity index (χ1v) is 17.4. The summed E-state index contributed by atoms with van der Waals surface area (Å²) < 4.78 is 5.65. The molecule has 2 aromatic heterocycles. The third-order valence-electron chi connectivity index (χ3n) is 10.5. The molecule has 3 fully saturated rings. The molecule has 13 nitrogen and oxygen atoms in total. The van der Waals surface area contributed by atoms with Crippen molar-refractivity contribution >= 4 is 51.7 Å². The van der Waals surface area contributed by atoms with E-state index in [1.165, 1.54) is 23.2 Å². The number of hydrogen-bond donors (Lipinski definition) is 3. The van der Waals surface area contributed by atoms with E-state index in [4.69, 9.17) is 15.2 Å². The number of nitrogens with two attached hydrogens (primary N) is 1. The van der Waals surface area contributed by atoms with Crippen molar-refractivity contribution in [2.45, 2.75) is 64.0 Å². The van der Waals surface area contributed by atoms with Crippen LogP contribution >= 0.6 is 0 Å². The molecule has 4 N–H and O–H groups in total. The average molecular weight is 664 g/mol. The van der Waals surface area contributed by atoms with E-state index in [9.17, 15) is 14.4 Å². The summed E-state index contributed by atoms with van der Waals surface area (Å²) in [6.07, 6.45) is 8.09. The maximum absolute atomic E-state index is 12.5. The van der Waals surface area contributed by atoms with E-state index in [2.05, 4.69) is 59.7 Å². The van der Waals surface area contributed by atoms with Crippen molar-refractivity contribution < 1.29 is 18.9 Å². The lowest BCUT2D eigenvalue weighted by Gasteiger charge is -2.35. The molecule has 1 unspecified atom stereocenters. The standard InChI is InChI=1S/C36H41N9O4/c37-34(47)33-35(40-30(18-38-33)45-12-2-1-3-13-45)39-25-4-6-26(7-5-25)44-14-10-22(11-15-44)19-43-20-23-16-28-29(17-24(23)21-43)49-42-32(28)27-8-9-31(46)41-36(27)48/h4-7,16-18,22,27H,1-3,8-15,19-21H2,(H2,37,47)(H,39,40)(H,41,46,48). The number of piperidine rings is 3. The van der Waals surface area contributed by atoms with Gasteiger partial charge in [0.2, 0.25) is 11.8 Å². The Morgan fingerprint density at radius 1 is 0.959 bits per heavy atom. The number of amides is 3. The monoisotopic (exact) mass is 663 g/mol. The van der Waals surface area contributed by atoms with Crippen molar-refractivity contribution in [3.8, 4) is 0 Å². The van der Waals surface area contributed by atoms with Crippen LogP contribution < -0.4 is 26.2 Å². The minimum absolute atomic E-state index is 0.135. The summed E-state index contributed by atoms with van der Waals surface area (Å²) in [6, 6.07) is 12.5. The number of hydrogen-bond acceptors (Lipinski definition) is 11. The zero-order chi connectivity index (χ0) is 33.5. The van der Waals surface area contributed by atoms with Crippen LogP contribution in [0.25, 0.3) is 11.0 Å². The van der Waals surface area contributed by atoms with Crippen LogP contribution in [-0.2, 0) is 22.7 Å². The van der Waals surface area contributed by atoms with Gasteiger partial charge in [0.1, 0.15) is 11.5 Å². The molecule has 8 rings (SSSR count). The quantitative estimate of drug-likeness (QED) is 0.232. The molecule has 0 spiro atoms. The third kappa shape index (κ3) is 6.42. The summed E-state index contributed by atoms with van der Waals surface area (Å²) in [7, 11) is 0. The molecule has 4 aliphatic rings. The lowest BCUT2D eigenvalue weighted by atomic mass is 9.92. The molecule has 0 aliphatic carbocycles. The van der Waals surface area contributed by atoms with Gasteiger partial charge in [0, 0.05) is 69.0 Å². The highest BCUT2D eigenvalue weighted by Gasteiger charge is 2.33. The fraction of sp³-hybridized carbons (Fsp3) is 0.444. The highest BCUT2D eigenvalue weighted by molar-refractivity contribution is 6.02. The van der Waals surface area contributed by atoms with E-state index in [-0.39, 0.29) is 17.5 Å². The second-order valence-corrected chi connectivity index (χ2v) is 13.8. The van der Waals surface area contributed by atoms with Gasteiger partial charge in [0.15, 0.2) is 17.1 Å². The normalized spacial score (nSPS) is 20.4. The molecule has 49 heavy (non-hydrogen) atoms. The smallest absolute Gasteiger partial charge is 0.271 e. The van der Waals surface area contributed by atoms with E-state index in [0.717, 1.165) is 88.4 Å². The summed E-state index contributed by atoms with van der Waals surface area (Å²) in [5.74, 6) is 0.150. The molecular formula is C36H41N9O4. The van der Waals surface area contributed by atoms with E-state index in [1.54, 1.807) is 6.20 Å². The molecule has 0 radical (unpaired) electrons. The van der Waals surface area contributed by atoms with E-state index >= 15 is 0 Å². The van der Waals surface area contributed by atoms with Crippen molar-refractivity contribution in [1.82, 2.24) is 25.3 Å². The van der Waals surface area contributed by atoms with Gasteiger partial charge in [-0.15, -0.1) is 0 Å². The Hall–Kier alpha value is -5.04. The highest BCUT2D eigenvalue weighted by Crippen LogP contribution is 2.36. The summed E-state index contributed by atoms with van der Waals surface area (Å²) in [6.45, 7) is 6.61. The molecule has 0 bridgehead atoms. The Labute approximate surface area is 284 Å². The van der Waals surface area contributed by atoms with Crippen LogP contribution in [0, 0.1) is 5.92 Å². The van der Waals surface area contributed by atoms with Gasteiger partial charge in [0.25, 0.3) is 5.91 Å². The lowest BCUT2D eigenvalue weighted by Crippen LogP contribution is -2.39. The minimum atomic E-state index is -0.608. The van der Waals surface area contributed by atoms with Gasteiger partial charge in [-0.1, -0.05) is 5.16 Å². The zero-order valence-corrected chi connectivity index (χ0v) is 27.5. The van der Waals surface area contributed by atoms with Crippen LogP contribution in [0.1, 0.15) is 78.2 Å². The number of fused-ring (bicyclic) bond motifs is 2. The second kappa shape index (κ2) is 13.1. The maximum atomic E-state index is 12.5. The lowest BCUT2D eigenvalue weighted by molar-refractivity contribution is -0.134. The van der Waals surface area contributed by atoms with Gasteiger partial charge in [-0.05, 0) is 92.0 Å². The van der Waals surface area contributed by atoms with E-state index in [1.807, 2.05) is 12.1 Å². The summed E-state index contributed by atoms with van der Waals surface area (Å²) >= 11 is 0. The zero-order valence-electron chi connectivity index (χ0n) is 27.5. The SMILES string of the molecule is NC(=O)c1ncc(N2CCCCC2)nc1Nc1ccc(N2CCC(CN3Cc4cc5onc(C6CCC(=O)NC6=O)c5cc4C3)CC2)cc1. The fourth-order valence-electron chi connectivity index (χ4n) is 7.81. The predicted molar refractivity (Wildman–Crippen MR) is 185 cm³/mol. The number of rotatable bonds is 8. The molecule has 1 atom stereocenters. The Balaban J connectivity index is 0.863. The molecule has 4 aliphatic heterocycles. The topological polar surface area (TPSA) is 163 Å². The summed E-state index contributed by atoms with van der Waals surface area (Å²) in [5, 5.41) is 10.8. The van der Waals surface area contributed by atoms with Crippen LogP contribution in [0.2, 0.25) is 0 Å². The number of carbonyl (C=O) groups is 3. The molecule has 3 amide bonds. The highest BCUT2D eigenvalue weighted by atomic mass is 16.5. The molecule has 254 valence electrons. The van der Waals surface area contributed by atoms with Crippen LogP contribution in [0.5, 0.6) is 0 Å². The summed E-state index contributed by atoms with van der Waals surface area (Å²) in [4.78, 5) is 52.5. The van der Waals surface area contributed by atoms with E-state index < -0.39 is 11.8 Å². The van der Waals surface area contributed by atoms with Crippen molar-refractivity contribution in [2.24, 2.45) is 11.7 Å². The Bertz CT molecular complexity index is 1890. The first kappa shape index (κ1) is 31.2. The molecule has 3 saturated heterocycles. The molecule has 13 heteroatoms. The van der Waals surface area contributed by atoms with E-state index in [0.29, 0.717) is 35.9 Å². The Kier molecular flexibility index (Phi) is 8.36. The fourth-order valence-corrected chi connectivity index (χ4v) is 7.81. The van der Waals surface area contributed by atoms with Crippen molar-refractivity contribution in [3.63, 3.8) is 0 Å². The number of carbonyl (C=O) groups excluding carboxylic acids is 3. The number of anilines is 4. The van der Waals surface area contributed by atoms with Gasteiger partial charge in [-0.3, -0.25) is 24.6 Å². The van der Waals surface area contributed by atoms with Crippen LogP contribution in [0.3, 0.4) is 0 Å². The van der Waals surface area contributed by atoms with Gasteiger partial charge < -0.3 is 25.4 Å².